The molecule has 2 aliphatic rings. The van der Waals surface area contributed by atoms with Gasteiger partial charge in [0.15, 0.2) is 0 Å². The van der Waals surface area contributed by atoms with Crippen molar-refractivity contribution in [1.82, 2.24) is 15.2 Å². The number of carbonyl (C=O) groups is 1. The number of aromatic nitrogens is 1. The predicted octanol–water partition coefficient (Wildman–Crippen LogP) is 3.64. The number of thiazole rings is 1. The van der Waals surface area contributed by atoms with Crippen LogP contribution in [0.5, 0.6) is 0 Å². The van der Waals surface area contributed by atoms with Crippen LogP contribution in [0.1, 0.15) is 62.0 Å². The summed E-state index contributed by atoms with van der Waals surface area (Å²) in [6.07, 6.45) is 4.67. The Bertz CT molecular complexity index is 532. The van der Waals surface area contributed by atoms with Crippen LogP contribution in [0.15, 0.2) is 5.38 Å². The zero-order valence-corrected chi connectivity index (χ0v) is 16.6. The van der Waals surface area contributed by atoms with Crippen LogP contribution in [0.4, 0.5) is 0 Å². The van der Waals surface area contributed by atoms with Gasteiger partial charge in [-0.15, -0.1) is 36.2 Å². The number of piperidine rings is 1. The number of amides is 1. The molecule has 2 fully saturated rings. The highest BCUT2D eigenvalue weighted by atomic mass is 35.5. The molecule has 1 N–H and O–H groups in total. The third kappa shape index (κ3) is 4.38. The number of halogens is 2. The molecule has 2 atom stereocenters. The molecule has 1 aromatic rings. The monoisotopic (exact) mass is 379 g/mol. The first-order chi connectivity index (χ1) is 9.84. The van der Waals surface area contributed by atoms with Gasteiger partial charge in [-0.25, -0.2) is 4.98 Å². The molecule has 3 rings (SSSR count). The van der Waals surface area contributed by atoms with Crippen molar-refractivity contribution in [2.45, 2.75) is 70.0 Å². The fourth-order valence-corrected chi connectivity index (χ4v) is 4.29. The Labute approximate surface area is 155 Å². The predicted molar refractivity (Wildman–Crippen MR) is 100 cm³/mol. The van der Waals surface area contributed by atoms with E-state index in [0.717, 1.165) is 17.8 Å². The Hall–Kier alpha value is -0.360. The number of nitrogens with zero attached hydrogens (tertiary/aromatic N) is 2. The molecular formula is C16H27Cl2N3OS. The van der Waals surface area contributed by atoms with E-state index < -0.39 is 0 Å². The van der Waals surface area contributed by atoms with Crippen LogP contribution in [0.25, 0.3) is 0 Å². The third-order valence-corrected chi connectivity index (χ3v) is 5.95. The first-order valence-electron chi connectivity index (χ1n) is 7.84. The molecule has 2 unspecified atom stereocenters. The lowest BCUT2D eigenvalue weighted by atomic mass is 9.98. The highest BCUT2D eigenvalue weighted by Gasteiger charge is 2.37. The van der Waals surface area contributed by atoms with Crippen LogP contribution in [0.2, 0.25) is 0 Å². The number of rotatable bonds is 2. The van der Waals surface area contributed by atoms with Gasteiger partial charge in [0.25, 0.3) is 5.91 Å². The fraction of sp³-hybridized carbons (Fsp3) is 0.750. The molecule has 1 amide bonds. The number of hydrogen-bond donors (Lipinski definition) is 1. The summed E-state index contributed by atoms with van der Waals surface area (Å²) in [5.74, 6) is 0.0769. The molecule has 132 valence electrons. The summed E-state index contributed by atoms with van der Waals surface area (Å²) >= 11 is 1.59. The average Bonchev–Trinajstić information content (AvgIpc) is 3.03. The van der Waals surface area contributed by atoms with Crippen molar-refractivity contribution in [2.24, 2.45) is 0 Å². The topological polar surface area (TPSA) is 45.2 Å². The van der Waals surface area contributed by atoms with Gasteiger partial charge in [0, 0.05) is 36.0 Å². The van der Waals surface area contributed by atoms with Gasteiger partial charge in [0.05, 0.1) is 5.01 Å². The quantitative estimate of drug-likeness (QED) is 0.852. The molecule has 3 heterocycles. The highest BCUT2D eigenvalue weighted by Crippen LogP contribution is 2.30. The van der Waals surface area contributed by atoms with E-state index in [1.165, 1.54) is 12.8 Å². The van der Waals surface area contributed by atoms with Crippen molar-refractivity contribution in [1.29, 1.82) is 0 Å². The van der Waals surface area contributed by atoms with E-state index in [4.69, 9.17) is 0 Å². The van der Waals surface area contributed by atoms with Crippen LogP contribution in [-0.4, -0.2) is 41.0 Å². The molecule has 2 aliphatic heterocycles. The molecule has 1 aromatic heterocycles. The van der Waals surface area contributed by atoms with Crippen molar-refractivity contribution < 1.29 is 4.79 Å². The van der Waals surface area contributed by atoms with Crippen molar-refractivity contribution in [3.05, 3.63) is 16.1 Å². The molecule has 0 radical (unpaired) electrons. The molecule has 4 nitrogen and oxygen atoms in total. The SMILES string of the molecule is CN(C(=O)c1csc(C(C)(C)C)n1)C1CC2CCC(C1)N2.Cl.Cl. The van der Waals surface area contributed by atoms with Crippen LogP contribution in [0, 0.1) is 0 Å². The molecule has 0 aromatic carbocycles. The highest BCUT2D eigenvalue weighted by molar-refractivity contribution is 7.10. The lowest BCUT2D eigenvalue weighted by molar-refractivity contribution is 0.0676. The van der Waals surface area contributed by atoms with Crippen LogP contribution in [-0.2, 0) is 5.41 Å². The number of nitrogens with one attached hydrogen (secondary N) is 1. The Morgan fingerprint density at radius 3 is 2.30 bits per heavy atom. The molecule has 2 bridgehead atoms. The van der Waals surface area contributed by atoms with Gasteiger partial charge >= 0.3 is 0 Å². The summed E-state index contributed by atoms with van der Waals surface area (Å²) in [5, 5.41) is 6.57. The maximum absolute atomic E-state index is 12.7. The first kappa shape index (κ1) is 20.7. The number of fused-ring (bicyclic) bond motifs is 2. The minimum absolute atomic E-state index is 0. The lowest BCUT2D eigenvalue weighted by Crippen LogP contribution is -2.48. The summed E-state index contributed by atoms with van der Waals surface area (Å²) in [6.45, 7) is 6.40. The smallest absolute Gasteiger partial charge is 0.273 e. The van der Waals surface area contributed by atoms with E-state index >= 15 is 0 Å². The second kappa shape index (κ2) is 7.68. The fourth-order valence-electron chi connectivity index (χ4n) is 3.41. The van der Waals surface area contributed by atoms with Crippen molar-refractivity contribution in [2.75, 3.05) is 7.05 Å². The van der Waals surface area contributed by atoms with Gasteiger partial charge in [0.1, 0.15) is 5.69 Å². The van der Waals surface area contributed by atoms with Crippen LogP contribution in [0.3, 0.4) is 0 Å². The standard InChI is InChI=1S/C16H25N3OS.2ClH/c1-16(2,3)15-18-13(9-21-15)14(20)19(4)12-7-10-5-6-11(8-12)17-10;;/h9-12,17H,5-8H2,1-4H3;2*1H. The van der Waals surface area contributed by atoms with E-state index in [2.05, 4.69) is 31.1 Å². The number of hydrogen-bond acceptors (Lipinski definition) is 4. The molecule has 23 heavy (non-hydrogen) atoms. The van der Waals surface area contributed by atoms with Gasteiger partial charge < -0.3 is 10.2 Å². The van der Waals surface area contributed by atoms with E-state index in [-0.39, 0.29) is 36.1 Å². The van der Waals surface area contributed by atoms with E-state index in [0.29, 0.717) is 23.8 Å². The largest absolute Gasteiger partial charge is 0.337 e. The molecule has 0 saturated carbocycles. The normalized spacial score (nSPS) is 26.2. The van der Waals surface area contributed by atoms with Gasteiger partial charge in [-0.3, -0.25) is 4.79 Å². The molecule has 0 aliphatic carbocycles. The zero-order chi connectivity index (χ0) is 15.2. The van der Waals surface area contributed by atoms with Crippen LogP contribution < -0.4 is 5.32 Å². The summed E-state index contributed by atoms with van der Waals surface area (Å²) in [5.41, 5.74) is 0.619. The Kier molecular flexibility index (Phi) is 6.91. The molecular weight excluding hydrogens is 353 g/mol. The average molecular weight is 380 g/mol. The second-order valence-electron chi connectivity index (χ2n) is 7.47. The first-order valence-corrected chi connectivity index (χ1v) is 8.72. The Morgan fingerprint density at radius 2 is 1.83 bits per heavy atom. The molecule has 0 spiro atoms. The van der Waals surface area contributed by atoms with Gasteiger partial charge in [-0.1, -0.05) is 20.8 Å². The summed E-state index contributed by atoms with van der Waals surface area (Å²) in [4.78, 5) is 19.2. The van der Waals surface area contributed by atoms with Crippen molar-refractivity contribution in [3.8, 4) is 0 Å². The molecule has 7 heteroatoms. The van der Waals surface area contributed by atoms with E-state index in [1.807, 2.05) is 17.3 Å². The maximum atomic E-state index is 12.7. The summed E-state index contributed by atoms with van der Waals surface area (Å²) in [6, 6.07) is 1.56. The van der Waals surface area contributed by atoms with Crippen molar-refractivity contribution in [3.63, 3.8) is 0 Å². The number of carbonyl (C=O) groups excluding carboxylic acids is 1. The summed E-state index contributed by atoms with van der Waals surface area (Å²) < 4.78 is 0. The summed E-state index contributed by atoms with van der Waals surface area (Å²) in [7, 11) is 1.94. The lowest BCUT2D eigenvalue weighted by Gasteiger charge is -2.35. The minimum Gasteiger partial charge on any atom is -0.337 e. The van der Waals surface area contributed by atoms with Gasteiger partial charge in [-0.05, 0) is 25.7 Å². The minimum atomic E-state index is 0. The second-order valence-corrected chi connectivity index (χ2v) is 8.33. The Morgan fingerprint density at radius 1 is 1.26 bits per heavy atom. The Balaban J connectivity index is 0.00000132. The molecule has 2 saturated heterocycles. The van der Waals surface area contributed by atoms with Gasteiger partial charge in [0.2, 0.25) is 0 Å². The maximum Gasteiger partial charge on any atom is 0.273 e. The third-order valence-electron chi connectivity index (χ3n) is 4.68. The van der Waals surface area contributed by atoms with E-state index in [1.54, 1.807) is 11.3 Å². The van der Waals surface area contributed by atoms with E-state index in [9.17, 15) is 4.79 Å². The van der Waals surface area contributed by atoms with Crippen LogP contribution >= 0.6 is 36.2 Å². The van der Waals surface area contributed by atoms with Crippen molar-refractivity contribution >= 4 is 42.1 Å². The zero-order valence-electron chi connectivity index (χ0n) is 14.2. The van der Waals surface area contributed by atoms with Gasteiger partial charge in [-0.2, -0.15) is 0 Å².